The molecular weight excluding hydrogens is 274 g/mol. The van der Waals surface area contributed by atoms with Crippen molar-refractivity contribution < 1.29 is 4.79 Å². The molecule has 20 heavy (non-hydrogen) atoms. The Morgan fingerprint density at radius 1 is 1.45 bits per heavy atom. The Kier molecular flexibility index (Phi) is 4.89. The fourth-order valence-electron chi connectivity index (χ4n) is 2.77. The Bertz CT molecular complexity index is 472. The molecule has 0 radical (unpaired) electrons. The Balaban J connectivity index is 2.30. The van der Waals surface area contributed by atoms with Gasteiger partial charge in [-0.3, -0.25) is 4.79 Å². The van der Waals surface area contributed by atoms with Crippen LogP contribution in [-0.4, -0.2) is 48.4 Å². The lowest BCUT2D eigenvalue weighted by molar-refractivity contribution is 0.0677. The predicted molar refractivity (Wildman–Crippen MR) is 83.1 cm³/mol. The van der Waals surface area contributed by atoms with E-state index in [0.29, 0.717) is 16.3 Å². The number of carbonyl (C=O) groups excluding carboxylic acids is 1. The van der Waals surface area contributed by atoms with Gasteiger partial charge in [0.15, 0.2) is 0 Å². The Hall–Kier alpha value is -1.26. The Morgan fingerprint density at radius 3 is 2.85 bits per heavy atom. The molecule has 0 bridgehead atoms. The van der Waals surface area contributed by atoms with Crippen molar-refractivity contribution in [3.63, 3.8) is 0 Å². The molecule has 110 valence electrons. The van der Waals surface area contributed by atoms with Crippen LogP contribution in [0.1, 0.15) is 30.1 Å². The molecule has 2 rings (SSSR count). The average Bonchev–Trinajstić information content (AvgIpc) is 2.59. The van der Waals surface area contributed by atoms with Gasteiger partial charge in [0, 0.05) is 24.8 Å². The second-order valence-corrected chi connectivity index (χ2v) is 5.79. The molecule has 4 nitrogen and oxygen atoms in total. The summed E-state index contributed by atoms with van der Waals surface area (Å²) in [6, 6.07) is 5.42. The summed E-state index contributed by atoms with van der Waals surface area (Å²) in [5.41, 5.74) is 6.84. The largest absolute Gasteiger partial charge is 0.398 e. The maximum atomic E-state index is 12.8. The molecule has 1 unspecified atom stereocenters. The van der Waals surface area contributed by atoms with Crippen LogP contribution in [0.5, 0.6) is 0 Å². The zero-order chi connectivity index (χ0) is 14.7. The zero-order valence-electron chi connectivity index (χ0n) is 12.1. The van der Waals surface area contributed by atoms with Crippen molar-refractivity contribution in [2.45, 2.75) is 25.8 Å². The Morgan fingerprint density at radius 2 is 2.20 bits per heavy atom. The van der Waals surface area contributed by atoms with Crippen LogP contribution in [0.15, 0.2) is 18.2 Å². The summed E-state index contributed by atoms with van der Waals surface area (Å²) < 4.78 is 0. The third kappa shape index (κ3) is 3.07. The van der Waals surface area contributed by atoms with E-state index in [1.165, 1.54) is 0 Å². The van der Waals surface area contributed by atoms with E-state index in [4.69, 9.17) is 17.3 Å². The number of likely N-dealkylation sites (N-methyl/N-ethyl adjacent to an activating group) is 1. The van der Waals surface area contributed by atoms with E-state index in [0.717, 1.165) is 32.5 Å². The van der Waals surface area contributed by atoms with Gasteiger partial charge in [-0.2, -0.15) is 0 Å². The van der Waals surface area contributed by atoms with Crippen LogP contribution in [0.25, 0.3) is 0 Å². The molecule has 0 saturated carbocycles. The fourth-order valence-corrected chi connectivity index (χ4v) is 3.03. The molecule has 1 aliphatic heterocycles. The van der Waals surface area contributed by atoms with E-state index >= 15 is 0 Å². The molecule has 1 aromatic carbocycles. The first kappa shape index (κ1) is 15.1. The van der Waals surface area contributed by atoms with Crippen LogP contribution in [0.2, 0.25) is 5.02 Å². The van der Waals surface area contributed by atoms with Gasteiger partial charge in [-0.05, 0) is 38.6 Å². The summed E-state index contributed by atoms with van der Waals surface area (Å²) in [4.78, 5) is 17.0. The SMILES string of the molecule is CCC1CN(C)CCCN1C(=O)c1c(N)cccc1Cl. The van der Waals surface area contributed by atoms with Gasteiger partial charge in [-0.1, -0.05) is 24.6 Å². The Labute approximate surface area is 125 Å². The van der Waals surface area contributed by atoms with E-state index in [9.17, 15) is 4.79 Å². The molecule has 1 atom stereocenters. The molecule has 0 aromatic heterocycles. The average molecular weight is 296 g/mol. The molecule has 1 saturated heterocycles. The summed E-state index contributed by atoms with van der Waals surface area (Å²) in [5, 5.41) is 0.433. The van der Waals surface area contributed by atoms with Crippen LogP contribution < -0.4 is 5.73 Å². The minimum atomic E-state index is -0.0461. The van der Waals surface area contributed by atoms with Crippen LogP contribution in [-0.2, 0) is 0 Å². The monoisotopic (exact) mass is 295 g/mol. The summed E-state index contributed by atoms with van der Waals surface area (Å²) >= 11 is 6.17. The van der Waals surface area contributed by atoms with Gasteiger partial charge in [0.05, 0.1) is 10.6 Å². The summed E-state index contributed by atoms with van der Waals surface area (Å²) in [5.74, 6) is -0.0461. The minimum absolute atomic E-state index is 0.0461. The highest BCUT2D eigenvalue weighted by Crippen LogP contribution is 2.25. The molecule has 1 heterocycles. The van der Waals surface area contributed by atoms with Crippen molar-refractivity contribution >= 4 is 23.2 Å². The first-order chi connectivity index (χ1) is 9.54. The van der Waals surface area contributed by atoms with Crippen molar-refractivity contribution in [1.29, 1.82) is 0 Å². The standard InChI is InChI=1S/C15H22ClN3O/c1-3-11-10-18(2)8-5-9-19(11)15(20)14-12(16)6-4-7-13(14)17/h4,6-7,11H,3,5,8-10,17H2,1-2H3. The number of hydrogen-bond donors (Lipinski definition) is 1. The maximum Gasteiger partial charge on any atom is 0.257 e. The van der Waals surface area contributed by atoms with Crippen LogP contribution in [0, 0.1) is 0 Å². The zero-order valence-corrected chi connectivity index (χ0v) is 12.9. The van der Waals surface area contributed by atoms with Crippen molar-refractivity contribution in [1.82, 2.24) is 9.80 Å². The number of nitrogens with two attached hydrogens (primary N) is 1. The molecule has 2 N–H and O–H groups in total. The number of nitrogen functional groups attached to an aromatic ring is 1. The maximum absolute atomic E-state index is 12.8. The van der Waals surface area contributed by atoms with E-state index in [1.54, 1.807) is 18.2 Å². The van der Waals surface area contributed by atoms with Crippen LogP contribution in [0.4, 0.5) is 5.69 Å². The molecule has 1 fully saturated rings. The highest BCUT2D eigenvalue weighted by molar-refractivity contribution is 6.34. The van der Waals surface area contributed by atoms with Crippen molar-refractivity contribution in [2.75, 3.05) is 32.4 Å². The van der Waals surface area contributed by atoms with Gasteiger partial charge in [0.2, 0.25) is 0 Å². The molecule has 1 amide bonds. The van der Waals surface area contributed by atoms with Gasteiger partial charge in [-0.15, -0.1) is 0 Å². The highest BCUT2D eigenvalue weighted by atomic mass is 35.5. The predicted octanol–water partition coefficient (Wildman–Crippen LogP) is 2.48. The molecule has 0 aliphatic carbocycles. The number of hydrogen-bond acceptors (Lipinski definition) is 3. The minimum Gasteiger partial charge on any atom is -0.398 e. The number of benzene rings is 1. The third-order valence-corrected chi connectivity index (χ3v) is 4.21. The number of halogens is 1. The van der Waals surface area contributed by atoms with E-state index in [-0.39, 0.29) is 11.9 Å². The van der Waals surface area contributed by atoms with Gasteiger partial charge in [0.25, 0.3) is 5.91 Å². The van der Waals surface area contributed by atoms with Crippen LogP contribution >= 0.6 is 11.6 Å². The topological polar surface area (TPSA) is 49.6 Å². The molecule has 5 heteroatoms. The second-order valence-electron chi connectivity index (χ2n) is 5.38. The summed E-state index contributed by atoms with van der Waals surface area (Å²) in [6.45, 7) is 4.78. The smallest absolute Gasteiger partial charge is 0.257 e. The first-order valence-electron chi connectivity index (χ1n) is 7.08. The molecular formula is C15H22ClN3O. The van der Waals surface area contributed by atoms with Crippen molar-refractivity contribution in [3.05, 3.63) is 28.8 Å². The van der Waals surface area contributed by atoms with E-state index in [2.05, 4.69) is 18.9 Å². The van der Waals surface area contributed by atoms with Crippen LogP contribution in [0.3, 0.4) is 0 Å². The molecule has 1 aromatic rings. The second kappa shape index (κ2) is 6.46. The molecule has 0 spiro atoms. The third-order valence-electron chi connectivity index (χ3n) is 3.89. The fraction of sp³-hybridized carbons (Fsp3) is 0.533. The highest BCUT2D eigenvalue weighted by Gasteiger charge is 2.28. The summed E-state index contributed by atoms with van der Waals surface area (Å²) in [7, 11) is 2.10. The number of anilines is 1. The number of amides is 1. The van der Waals surface area contributed by atoms with Crippen molar-refractivity contribution in [3.8, 4) is 0 Å². The summed E-state index contributed by atoms with van der Waals surface area (Å²) in [6.07, 6.45) is 1.91. The molecule has 1 aliphatic rings. The number of rotatable bonds is 2. The van der Waals surface area contributed by atoms with E-state index < -0.39 is 0 Å². The van der Waals surface area contributed by atoms with E-state index in [1.807, 2.05) is 4.90 Å². The van der Waals surface area contributed by atoms with Crippen molar-refractivity contribution in [2.24, 2.45) is 0 Å². The van der Waals surface area contributed by atoms with Gasteiger partial charge in [-0.25, -0.2) is 0 Å². The van der Waals surface area contributed by atoms with Gasteiger partial charge >= 0.3 is 0 Å². The number of nitrogens with zero attached hydrogens (tertiary/aromatic N) is 2. The lowest BCUT2D eigenvalue weighted by atomic mass is 10.1. The normalized spacial score (nSPS) is 20.8. The van der Waals surface area contributed by atoms with Gasteiger partial charge < -0.3 is 15.5 Å². The first-order valence-corrected chi connectivity index (χ1v) is 7.46. The lowest BCUT2D eigenvalue weighted by Gasteiger charge is -2.31. The van der Waals surface area contributed by atoms with Gasteiger partial charge in [0.1, 0.15) is 0 Å². The lowest BCUT2D eigenvalue weighted by Crippen LogP contribution is -2.43. The quantitative estimate of drug-likeness (QED) is 0.853. The number of carbonyl (C=O) groups is 1.